The second-order valence-corrected chi connectivity index (χ2v) is 5.30. The summed E-state index contributed by atoms with van der Waals surface area (Å²) in [6, 6.07) is 0. The fraction of sp³-hybridized carbons (Fsp3) is 1.00. The third kappa shape index (κ3) is 2.27. The summed E-state index contributed by atoms with van der Waals surface area (Å²) in [4.78, 5) is 3.38. The van der Waals surface area contributed by atoms with E-state index in [1.807, 2.05) is 0 Å². The van der Waals surface area contributed by atoms with Gasteiger partial charge in [0.15, 0.2) is 0 Å². The highest BCUT2D eigenvalue weighted by atomic mass is 32.2. The van der Waals surface area contributed by atoms with Crippen LogP contribution >= 0.6 is 12.0 Å². The van der Waals surface area contributed by atoms with Gasteiger partial charge in [0, 0.05) is 0 Å². The zero-order chi connectivity index (χ0) is 20.3. The molecule has 1 aliphatic carbocycles. The molecule has 1 saturated carbocycles. The second kappa shape index (κ2) is 5.66. The van der Waals surface area contributed by atoms with Crippen molar-refractivity contribution in [3.63, 3.8) is 0 Å². The van der Waals surface area contributed by atoms with Crippen LogP contribution in [0.25, 0.3) is 0 Å². The van der Waals surface area contributed by atoms with Crippen LogP contribution < -0.4 is 0 Å². The Morgan fingerprint density at radius 3 is 1.32 bits per heavy atom. The standard InChI is InChI=1S/C8H3F13O3S/c1-22-23-24-25-7(18)5(14,15)3(10,11)2(9,8(19,20)21)4(12,13)6(7,16)17/h1H3. The van der Waals surface area contributed by atoms with E-state index < -0.39 is 52.6 Å². The molecule has 0 bridgehead atoms. The smallest absolute Gasteiger partial charge is 0.219 e. The summed E-state index contributed by atoms with van der Waals surface area (Å²) in [6.07, 6.45) is -7.65. The number of halogens is 13. The molecule has 0 heterocycles. The molecule has 0 N–H and O–H groups in total. The normalized spacial score (nSPS) is 36.2. The Morgan fingerprint density at radius 2 is 1.04 bits per heavy atom. The van der Waals surface area contributed by atoms with E-state index in [9.17, 15) is 57.1 Å². The van der Waals surface area contributed by atoms with Crippen molar-refractivity contribution in [2.45, 2.75) is 40.5 Å². The molecule has 25 heavy (non-hydrogen) atoms. The minimum Gasteiger partial charge on any atom is -0.219 e. The number of hydrogen-bond donors (Lipinski definition) is 0. The van der Waals surface area contributed by atoms with Gasteiger partial charge in [-0.25, -0.2) is 13.7 Å². The van der Waals surface area contributed by atoms with Crippen molar-refractivity contribution in [1.82, 2.24) is 0 Å². The molecule has 3 nitrogen and oxygen atoms in total. The summed E-state index contributed by atoms with van der Waals surface area (Å²) in [5.41, 5.74) is -7.82. The van der Waals surface area contributed by atoms with Gasteiger partial charge in [0.05, 0.1) is 19.2 Å². The van der Waals surface area contributed by atoms with Gasteiger partial charge >= 0.3 is 40.5 Å². The largest absolute Gasteiger partial charge is 0.435 e. The molecule has 0 aromatic heterocycles. The summed E-state index contributed by atoms with van der Waals surface area (Å²) in [7, 11) is 0.460. The van der Waals surface area contributed by atoms with Gasteiger partial charge in [-0.2, -0.15) is 48.3 Å². The number of hydrogen-bond acceptors (Lipinski definition) is 4. The molecule has 0 saturated heterocycles. The predicted molar refractivity (Wildman–Crippen MR) is 50.3 cm³/mol. The SMILES string of the molecule is COOOSC1(F)C(F)(F)C(F)(F)C(F)(C(F)(F)F)C(F)(F)C1(F)F. The van der Waals surface area contributed by atoms with Gasteiger partial charge in [-0.1, -0.05) is 5.04 Å². The first kappa shape index (κ1) is 22.4. The Labute approximate surface area is 132 Å². The van der Waals surface area contributed by atoms with Crippen molar-refractivity contribution >= 4 is 12.0 Å². The van der Waals surface area contributed by atoms with Crippen LogP contribution in [-0.2, 0) is 14.3 Å². The Balaban J connectivity index is 3.77. The zero-order valence-electron chi connectivity index (χ0n) is 11.0. The Kier molecular flexibility index (Phi) is 5.06. The highest BCUT2D eigenvalue weighted by Crippen LogP contribution is 2.74. The summed E-state index contributed by atoms with van der Waals surface area (Å²) in [5.74, 6) is -30.1. The average Bonchev–Trinajstić information content (AvgIpc) is 2.42. The molecule has 0 aromatic carbocycles. The number of alkyl halides is 13. The van der Waals surface area contributed by atoms with Crippen molar-refractivity contribution in [2.75, 3.05) is 7.11 Å². The molecule has 1 aliphatic rings. The second-order valence-electron chi connectivity index (χ2n) is 4.44. The van der Waals surface area contributed by atoms with Crippen molar-refractivity contribution in [3.8, 4) is 0 Å². The minimum absolute atomic E-state index is 0.460. The first-order valence-electron chi connectivity index (χ1n) is 5.32. The average molecular weight is 426 g/mol. The van der Waals surface area contributed by atoms with Gasteiger partial charge in [0.2, 0.25) is 0 Å². The lowest BCUT2D eigenvalue weighted by atomic mass is 9.72. The van der Waals surface area contributed by atoms with Gasteiger partial charge in [0.1, 0.15) is 0 Å². The maximum absolute atomic E-state index is 13.9. The van der Waals surface area contributed by atoms with Crippen LogP contribution in [0.5, 0.6) is 0 Å². The quantitative estimate of drug-likeness (QED) is 0.215. The van der Waals surface area contributed by atoms with Gasteiger partial charge in [-0.05, 0) is 0 Å². The summed E-state index contributed by atoms with van der Waals surface area (Å²) in [5, 5.41) is -3.51. The molecule has 0 aliphatic heterocycles. The Hall–Kier alpha value is -0.680. The van der Waals surface area contributed by atoms with Crippen LogP contribution in [0.1, 0.15) is 0 Å². The topological polar surface area (TPSA) is 27.7 Å². The van der Waals surface area contributed by atoms with Gasteiger partial charge in [-0.15, -0.1) is 4.33 Å². The van der Waals surface area contributed by atoms with Gasteiger partial charge in [-0.3, -0.25) is 0 Å². The van der Waals surface area contributed by atoms with E-state index in [1.54, 1.807) is 0 Å². The first-order valence-corrected chi connectivity index (χ1v) is 6.06. The number of rotatable bonds is 4. The molecule has 17 heteroatoms. The van der Waals surface area contributed by atoms with E-state index in [0.29, 0.717) is 7.11 Å². The zero-order valence-corrected chi connectivity index (χ0v) is 11.9. The van der Waals surface area contributed by atoms with Crippen LogP contribution in [0, 0.1) is 0 Å². The lowest BCUT2D eigenvalue weighted by molar-refractivity contribution is -0.488. The van der Waals surface area contributed by atoms with Crippen molar-refractivity contribution in [1.29, 1.82) is 0 Å². The molecule has 0 amide bonds. The molecule has 0 atom stereocenters. The lowest BCUT2D eigenvalue weighted by Gasteiger charge is -2.54. The van der Waals surface area contributed by atoms with E-state index in [2.05, 4.69) is 14.3 Å². The highest BCUT2D eigenvalue weighted by Gasteiger charge is 3.05. The lowest BCUT2D eigenvalue weighted by Crippen LogP contribution is -2.87. The molecular formula is C8H3F13O3S. The summed E-state index contributed by atoms with van der Waals surface area (Å²) >= 11 is -2.25. The monoisotopic (exact) mass is 426 g/mol. The van der Waals surface area contributed by atoms with Gasteiger partial charge in [0.25, 0.3) is 0 Å². The Morgan fingerprint density at radius 1 is 0.680 bits per heavy atom. The summed E-state index contributed by atoms with van der Waals surface area (Å²) in [6.45, 7) is 0. The maximum Gasteiger partial charge on any atom is 0.435 e. The molecule has 0 spiro atoms. The van der Waals surface area contributed by atoms with Crippen LogP contribution in [0.3, 0.4) is 0 Å². The van der Waals surface area contributed by atoms with Crippen LogP contribution in [0.15, 0.2) is 0 Å². The van der Waals surface area contributed by atoms with E-state index in [1.165, 1.54) is 0 Å². The third-order valence-electron chi connectivity index (χ3n) is 3.10. The molecule has 0 unspecified atom stereocenters. The van der Waals surface area contributed by atoms with Gasteiger partial charge < -0.3 is 0 Å². The first-order chi connectivity index (χ1) is 10.8. The fourth-order valence-electron chi connectivity index (χ4n) is 1.78. The van der Waals surface area contributed by atoms with E-state index in [-0.39, 0.29) is 0 Å². The molecular weight excluding hydrogens is 423 g/mol. The van der Waals surface area contributed by atoms with Crippen molar-refractivity contribution < 1.29 is 71.3 Å². The van der Waals surface area contributed by atoms with Crippen molar-refractivity contribution in [3.05, 3.63) is 0 Å². The fourth-order valence-corrected chi connectivity index (χ4v) is 2.42. The predicted octanol–water partition coefficient (Wildman–Crippen LogP) is 4.64. The molecule has 1 fully saturated rings. The van der Waals surface area contributed by atoms with E-state index >= 15 is 0 Å². The minimum atomic E-state index is -7.82. The highest BCUT2D eigenvalue weighted by molar-refractivity contribution is 7.96. The van der Waals surface area contributed by atoms with Crippen molar-refractivity contribution in [2.24, 2.45) is 0 Å². The third-order valence-corrected chi connectivity index (χ3v) is 3.96. The molecule has 1 rings (SSSR count). The Bertz CT molecular complexity index is 490. The van der Waals surface area contributed by atoms with E-state index in [0.717, 1.165) is 0 Å². The summed E-state index contributed by atoms with van der Waals surface area (Å²) < 4.78 is 175. The van der Waals surface area contributed by atoms with Crippen LogP contribution in [0.4, 0.5) is 57.1 Å². The van der Waals surface area contributed by atoms with Crippen LogP contribution in [0.2, 0.25) is 0 Å². The molecule has 0 aromatic rings. The van der Waals surface area contributed by atoms with E-state index in [4.69, 9.17) is 0 Å². The van der Waals surface area contributed by atoms with Crippen LogP contribution in [-0.4, -0.2) is 47.6 Å². The molecule has 0 radical (unpaired) electrons. The maximum atomic E-state index is 13.9. The molecule has 150 valence electrons.